The minimum Gasteiger partial charge on any atom is -0.461 e. The highest BCUT2D eigenvalue weighted by molar-refractivity contribution is 5.96. The first-order chi connectivity index (χ1) is 17.5. The van der Waals surface area contributed by atoms with Crippen molar-refractivity contribution in [2.75, 3.05) is 11.9 Å². The van der Waals surface area contributed by atoms with Crippen LogP contribution in [0.25, 0.3) is 11.3 Å². The first kappa shape index (κ1) is 23.6. The van der Waals surface area contributed by atoms with Crippen LogP contribution in [0.1, 0.15) is 52.1 Å². The predicted octanol–water partition coefficient (Wildman–Crippen LogP) is 6.59. The van der Waals surface area contributed by atoms with Crippen LogP contribution >= 0.6 is 0 Å². The molecule has 36 heavy (non-hydrogen) atoms. The van der Waals surface area contributed by atoms with Crippen molar-refractivity contribution >= 4 is 17.5 Å². The van der Waals surface area contributed by atoms with Crippen molar-refractivity contribution in [1.29, 1.82) is 0 Å². The van der Waals surface area contributed by atoms with Crippen molar-refractivity contribution in [2.45, 2.75) is 39.2 Å². The number of anilines is 1. The second-order valence-electron chi connectivity index (χ2n) is 9.34. The minimum absolute atomic E-state index is 0.0109. The summed E-state index contributed by atoms with van der Waals surface area (Å²) in [4.78, 5) is 27.7. The molecular formula is C31H30N2O3. The number of rotatable bonds is 6. The average molecular weight is 479 g/mol. The van der Waals surface area contributed by atoms with E-state index in [1.165, 1.54) is 0 Å². The van der Waals surface area contributed by atoms with Crippen LogP contribution in [0, 0.1) is 6.92 Å². The fraction of sp³-hybridized carbons (Fsp3) is 0.226. The Morgan fingerprint density at radius 3 is 2.47 bits per heavy atom. The number of furan rings is 1. The summed E-state index contributed by atoms with van der Waals surface area (Å²) in [5.41, 5.74) is 5.55. The van der Waals surface area contributed by atoms with E-state index in [4.69, 9.17) is 4.42 Å². The number of hydrogen-bond donors (Lipinski definition) is 1. The fourth-order valence-corrected chi connectivity index (χ4v) is 4.81. The van der Waals surface area contributed by atoms with Crippen LogP contribution in [-0.2, 0) is 17.8 Å². The Morgan fingerprint density at radius 2 is 1.75 bits per heavy atom. The number of aryl methyl sites for hydroxylation is 1. The van der Waals surface area contributed by atoms with Gasteiger partial charge in [0.2, 0.25) is 5.91 Å². The van der Waals surface area contributed by atoms with Gasteiger partial charge in [-0.2, -0.15) is 0 Å². The summed E-state index contributed by atoms with van der Waals surface area (Å²) in [6, 6.07) is 27.3. The summed E-state index contributed by atoms with van der Waals surface area (Å²) in [5, 5.41) is 3.04. The third-order valence-electron chi connectivity index (χ3n) is 6.78. The van der Waals surface area contributed by atoms with Gasteiger partial charge in [0.1, 0.15) is 11.5 Å². The highest BCUT2D eigenvalue weighted by Crippen LogP contribution is 2.31. The van der Waals surface area contributed by atoms with Crippen LogP contribution in [0.5, 0.6) is 0 Å². The normalized spacial score (nSPS) is 13.7. The van der Waals surface area contributed by atoms with Gasteiger partial charge in [-0.05, 0) is 61.4 Å². The Morgan fingerprint density at radius 1 is 0.972 bits per heavy atom. The molecule has 5 heteroatoms. The Hall–Kier alpha value is -4.12. The van der Waals surface area contributed by atoms with Gasteiger partial charge in [-0.15, -0.1) is 0 Å². The van der Waals surface area contributed by atoms with E-state index in [0.717, 1.165) is 51.4 Å². The van der Waals surface area contributed by atoms with E-state index in [9.17, 15) is 9.59 Å². The van der Waals surface area contributed by atoms with Gasteiger partial charge in [0.25, 0.3) is 5.91 Å². The highest BCUT2D eigenvalue weighted by atomic mass is 16.3. The first-order valence-corrected chi connectivity index (χ1v) is 12.5. The molecule has 0 saturated heterocycles. The van der Waals surface area contributed by atoms with E-state index in [2.05, 4.69) is 5.32 Å². The zero-order valence-electron chi connectivity index (χ0n) is 20.7. The average Bonchev–Trinajstić information content (AvgIpc) is 3.33. The van der Waals surface area contributed by atoms with Crippen LogP contribution in [0.3, 0.4) is 0 Å². The second kappa shape index (κ2) is 10.2. The fourth-order valence-electron chi connectivity index (χ4n) is 4.81. The van der Waals surface area contributed by atoms with E-state index in [1.54, 1.807) is 0 Å². The molecule has 1 aliphatic rings. The molecule has 2 amide bonds. The maximum Gasteiger partial charge on any atom is 0.254 e. The van der Waals surface area contributed by atoms with E-state index in [1.807, 2.05) is 104 Å². The lowest BCUT2D eigenvalue weighted by atomic mass is 9.95. The van der Waals surface area contributed by atoms with Gasteiger partial charge in [-0.3, -0.25) is 9.59 Å². The molecule has 0 aliphatic carbocycles. The van der Waals surface area contributed by atoms with E-state index in [0.29, 0.717) is 19.5 Å². The number of benzene rings is 3. The highest BCUT2D eigenvalue weighted by Gasteiger charge is 2.25. The lowest BCUT2D eigenvalue weighted by molar-refractivity contribution is -0.117. The molecule has 0 spiro atoms. The summed E-state index contributed by atoms with van der Waals surface area (Å²) in [5.74, 6) is 1.56. The maximum absolute atomic E-state index is 13.0. The quantitative estimate of drug-likeness (QED) is 0.340. The number of carbonyl (C=O) groups excluding carboxylic acids is 2. The van der Waals surface area contributed by atoms with Gasteiger partial charge in [-0.25, -0.2) is 0 Å². The molecule has 1 atom stereocenters. The van der Waals surface area contributed by atoms with Crippen LogP contribution in [-0.4, -0.2) is 23.3 Å². The molecule has 1 N–H and O–H groups in total. The van der Waals surface area contributed by atoms with Crippen LogP contribution in [0.15, 0.2) is 89.3 Å². The first-order valence-electron chi connectivity index (χ1n) is 12.5. The number of hydrogen-bond acceptors (Lipinski definition) is 3. The zero-order chi connectivity index (χ0) is 25.1. The Bertz CT molecular complexity index is 1370. The van der Waals surface area contributed by atoms with Gasteiger partial charge in [0.15, 0.2) is 0 Å². The van der Waals surface area contributed by atoms with Crippen molar-refractivity contribution in [1.82, 2.24) is 4.90 Å². The second-order valence-corrected chi connectivity index (χ2v) is 9.34. The topological polar surface area (TPSA) is 62.6 Å². The van der Waals surface area contributed by atoms with E-state index >= 15 is 0 Å². The van der Waals surface area contributed by atoms with Crippen LogP contribution < -0.4 is 5.32 Å². The zero-order valence-corrected chi connectivity index (χ0v) is 20.7. The van der Waals surface area contributed by atoms with Gasteiger partial charge in [-0.1, -0.05) is 55.0 Å². The molecule has 0 bridgehead atoms. The summed E-state index contributed by atoms with van der Waals surface area (Å²) in [6.45, 7) is 5.19. The van der Waals surface area contributed by atoms with E-state index < -0.39 is 0 Å². The lowest BCUT2D eigenvalue weighted by Gasteiger charge is -2.26. The Balaban J connectivity index is 1.26. The third-order valence-corrected chi connectivity index (χ3v) is 6.78. The minimum atomic E-state index is -0.187. The summed E-state index contributed by atoms with van der Waals surface area (Å²) < 4.78 is 6.15. The summed E-state index contributed by atoms with van der Waals surface area (Å²) >= 11 is 0. The van der Waals surface area contributed by atoms with Gasteiger partial charge >= 0.3 is 0 Å². The number of carbonyl (C=O) groups is 2. The van der Waals surface area contributed by atoms with Gasteiger partial charge < -0.3 is 14.6 Å². The molecule has 1 aromatic heterocycles. The molecule has 0 radical (unpaired) electrons. The lowest BCUT2D eigenvalue weighted by Crippen LogP contribution is -2.35. The predicted molar refractivity (Wildman–Crippen MR) is 142 cm³/mol. The molecule has 0 fully saturated rings. The molecule has 2 heterocycles. The number of amides is 2. The SMILES string of the molecule is CCC(C(=O)Nc1ccc(-c2cc3c(o2)CCN(C(=O)c2cccc(C)c2)C3)cc1)c1ccccc1. The molecule has 182 valence electrons. The van der Waals surface area contributed by atoms with Gasteiger partial charge in [0.05, 0.1) is 5.92 Å². The van der Waals surface area contributed by atoms with Crippen molar-refractivity contribution in [3.8, 4) is 11.3 Å². The van der Waals surface area contributed by atoms with Crippen molar-refractivity contribution in [3.63, 3.8) is 0 Å². The smallest absolute Gasteiger partial charge is 0.254 e. The molecular weight excluding hydrogens is 448 g/mol. The van der Waals surface area contributed by atoms with Crippen molar-refractivity contribution in [3.05, 3.63) is 113 Å². The molecule has 3 aromatic carbocycles. The molecule has 0 saturated carbocycles. The molecule has 1 aliphatic heterocycles. The van der Waals surface area contributed by atoms with Crippen molar-refractivity contribution < 1.29 is 14.0 Å². The molecule has 1 unspecified atom stereocenters. The Labute approximate surface area is 211 Å². The third kappa shape index (κ3) is 4.96. The maximum atomic E-state index is 13.0. The number of nitrogens with one attached hydrogen (secondary N) is 1. The van der Waals surface area contributed by atoms with E-state index in [-0.39, 0.29) is 17.7 Å². The molecule has 5 nitrogen and oxygen atoms in total. The monoisotopic (exact) mass is 478 g/mol. The summed E-state index contributed by atoms with van der Waals surface area (Å²) in [6.07, 6.45) is 1.42. The largest absolute Gasteiger partial charge is 0.461 e. The van der Waals surface area contributed by atoms with Gasteiger partial charge in [0, 0.05) is 41.9 Å². The van der Waals surface area contributed by atoms with Crippen LogP contribution in [0.2, 0.25) is 0 Å². The number of fused-ring (bicyclic) bond motifs is 1. The van der Waals surface area contributed by atoms with Crippen LogP contribution in [0.4, 0.5) is 5.69 Å². The standard InChI is InChI=1S/C31H30N2O3/c1-3-27(22-9-5-4-6-10-22)30(34)32-26-14-12-23(13-15-26)29-19-25-20-33(17-16-28(25)36-29)31(35)24-11-7-8-21(2)18-24/h4-15,18-19,27H,3,16-17,20H2,1-2H3,(H,32,34). The molecule has 5 rings (SSSR count). The summed E-state index contributed by atoms with van der Waals surface area (Å²) in [7, 11) is 0. The Kier molecular flexibility index (Phi) is 6.72. The molecule has 4 aromatic rings. The number of nitrogens with zero attached hydrogens (tertiary/aromatic N) is 1. The van der Waals surface area contributed by atoms with Crippen molar-refractivity contribution in [2.24, 2.45) is 0 Å².